The van der Waals surface area contributed by atoms with E-state index in [4.69, 9.17) is 16.3 Å². The lowest BCUT2D eigenvalue weighted by molar-refractivity contribution is 0.112. The molecule has 0 aliphatic carbocycles. The van der Waals surface area contributed by atoms with Gasteiger partial charge in [-0.2, -0.15) is 4.98 Å². The highest BCUT2D eigenvalue weighted by Crippen LogP contribution is 2.30. The van der Waals surface area contributed by atoms with Crippen LogP contribution in [0.5, 0.6) is 0 Å². The molecule has 0 spiro atoms. The summed E-state index contributed by atoms with van der Waals surface area (Å²) in [5.41, 5.74) is 1.63. The summed E-state index contributed by atoms with van der Waals surface area (Å²) in [6, 6.07) is 8.32. The molecule has 0 radical (unpaired) electrons. The van der Waals surface area contributed by atoms with Gasteiger partial charge in [-0.3, -0.25) is 14.9 Å². The van der Waals surface area contributed by atoms with Crippen molar-refractivity contribution in [1.29, 1.82) is 0 Å². The third kappa shape index (κ3) is 12.2. The van der Waals surface area contributed by atoms with E-state index in [0.29, 0.717) is 53.9 Å². The number of H-pyrrole nitrogens is 1. The summed E-state index contributed by atoms with van der Waals surface area (Å²) in [5.74, 6) is 0.267. The van der Waals surface area contributed by atoms with E-state index in [1.807, 2.05) is 38.1 Å². The van der Waals surface area contributed by atoms with Gasteiger partial charge in [0, 0.05) is 37.1 Å². The van der Waals surface area contributed by atoms with Gasteiger partial charge >= 0.3 is 12.1 Å². The summed E-state index contributed by atoms with van der Waals surface area (Å²) in [6.07, 6.45) is 1.70. The van der Waals surface area contributed by atoms with Crippen LogP contribution in [0.25, 0.3) is 0 Å². The number of carbonyl (C=O) groups excluding carboxylic acids is 3. The van der Waals surface area contributed by atoms with Gasteiger partial charge in [0.15, 0.2) is 11.4 Å². The first-order chi connectivity index (χ1) is 21.9. The average Bonchev–Trinajstić information content (AvgIpc) is 3.36. The number of halogens is 1. The zero-order chi connectivity index (χ0) is 33.7. The highest BCUT2D eigenvalue weighted by Gasteiger charge is 2.22. The van der Waals surface area contributed by atoms with E-state index in [-0.39, 0.29) is 29.0 Å². The molecule has 1 atom stereocenters. The number of aldehydes is 1. The van der Waals surface area contributed by atoms with E-state index >= 15 is 0 Å². The van der Waals surface area contributed by atoms with Gasteiger partial charge in [-0.1, -0.05) is 43.7 Å². The van der Waals surface area contributed by atoms with E-state index in [9.17, 15) is 19.2 Å². The number of benzene rings is 1. The van der Waals surface area contributed by atoms with Crippen molar-refractivity contribution in [3.05, 3.63) is 56.4 Å². The van der Waals surface area contributed by atoms with Crippen LogP contribution in [0.3, 0.4) is 0 Å². The second-order valence-corrected chi connectivity index (χ2v) is 12.8. The first-order valence-electron chi connectivity index (χ1n) is 14.8. The number of rotatable bonds is 16. The Morgan fingerprint density at radius 1 is 1.20 bits per heavy atom. The number of carbonyl (C=O) groups is 3. The third-order valence-corrected chi connectivity index (χ3v) is 8.11. The zero-order valence-corrected chi connectivity index (χ0v) is 28.1. The molecule has 3 rings (SSSR count). The number of azo groups is 1. The van der Waals surface area contributed by atoms with Crippen LogP contribution < -0.4 is 26.4 Å². The molecule has 1 aromatic carbocycles. The quantitative estimate of drug-likeness (QED) is 0.102. The minimum atomic E-state index is -0.475. The van der Waals surface area contributed by atoms with Gasteiger partial charge in [0.2, 0.25) is 11.1 Å². The Labute approximate surface area is 276 Å². The molecule has 3 aromatic rings. The van der Waals surface area contributed by atoms with Crippen LogP contribution in [0.4, 0.5) is 32.0 Å². The normalized spacial score (nSPS) is 12.0. The average molecular weight is 674 g/mol. The highest BCUT2D eigenvalue weighted by molar-refractivity contribution is 7.17. The molecule has 0 fully saturated rings. The van der Waals surface area contributed by atoms with Gasteiger partial charge in [-0.05, 0) is 62.3 Å². The smallest absolute Gasteiger partial charge is 0.407 e. The second kappa shape index (κ2) is 17.4. The largest absolute Gasteiger partial charge is 0.448 e. The van der Waals surface area contributed by atoms with Crippen molar-refractivity contribution in [2.45, 2.75) is 47.5 Å². The topological polar surface area (TPSA) is 183 Å². The van der Waals surface area contributed by atoms with Crippen molar-refractivity contribution in [3.63, 3.8) is 0 Å². The number of anilines is 2. The van der Waals surface area contributed by atoms with Gasteiger partial charge in [-0.15, -0.1) is 10.2 Å². The molecule has 0 bridgehead atoms. The zero-order valence-electron chi connectivity index (χ0n) is 26.6. The third-order valence-electron chi connectivity index (χ3n) is 6.84. The molecule has 14 nitrogen and oxygen atoms in total. The predicted molar refractivity (Wildman–Crippen MR) is 179 cm³/mol. The predicted octanol–water partition coefficient (Wildman–Crippen LogP) is 6.23. The molecule has 248 valence electrons. The lowest BCUT2D eigenvalue weighted by Crippen LogP contribution is -2.35. The van der Waals surface area contributed by atoms with Gasteiger partial charge in [0.25, 0.3) is 5.56 Å². The van der Waals surface area contributed by atoms with Crippen LogP contribution in [-0.2, 0) is 4.74 Å². The van der Waals surface area contributed by atoms with E-state index in [1.165, 1.54) is 6.07 Å². The van der Waals surface area contributed by atoms with Crippen LogP contribution in [0, 0.1) is 18.3 Å². The summed E-state index contributed by atoms with van der Waals surface area (Å²) in [4.78, 5) is 59.9. The monoisotopic (exact) mass is 673 g/mol. The van der Waals surface area contributed by atoms with Crippen molar-refractivity contribution in [2.75, 3.05) is 43.0 Å². The second-order valence-electron chi connectivity index (χ2n) is 11.4. The van der Waals surface area contributed by atoms with Crippen LogP contribution >= 0.6 is 22.9 Å². The minimum absolute atomic E-state index is 0.0925. The van der Waals surface area contributed by atoms with E-state index in [2.05, 4.69) is 59.9 Å². The van der Waals surface area contributed by atoms with E-state index < -0.39 is 17.7 Å². The van der Waals surface area contributed by atoms with Gasteiger partial charge in [-0.25, -0.2) is 14.6 Å². The van der Waals surface area contributed by atoms with Crippen molar-refractivity contribution >= 4 is 63.8 Å². The fraction of sp³-hybridized carbons (Fsp3) is 0.467. The number of alkyl carbamates (subject to hydrolysis) is 1. The Hall–Kier alpha value is -4.37. The Kier molecular flexibility index (Phi) is 13.6. The summed E-state index contributed by atoms with van der Waals surface area (Å²) >= 11 is 6.93. The number of hydrogen-bond donors (Lipinski definition) is 4. The standard InChI is InChI=1S/C30H40ClN9O5S/c1-6-40(22-9-7-21(8-10-22)38-39-28-36-25(31)23(18-41)46-28)13-14-45-29(44)32-12-11-30(4,5)16-19(2)17-33-27(43)37-26-34-20(3)15-24(42)35-26/h7-10,15,18-19H,6,11-14,16-17H2,1-5H3,(H,32,44)(H3,33,34,35,37,42,43)/b39-38+. The van der Waals surface area contributed by atoms with Crippen molar-refractivity contribution in [1.82, 2.24) is 25.6 Å². The number of urea groups is 1. The number of hydrogen-bond acceptors (Lipinski definition) is 11. The fourth-order valence-electron chi connectivity index (χ4n) is 4.69. The Morgan fingerprint density at radius 2 is 1.93 bits per heavy atom. The molecule has 2 aromatic heterocycles. The molecule has 3 amide bonds. The van der Waals surface area contributed by atoms with Crippen molar-refractivity contribution in [3.8, 4) is 0 Å². The molecule has 0 aliphatic rings. The lowest BCUT2D eigenvalue weighted by Gasteiger charge is -2.28. The molecular weight excluding hydrogens is 634 g/mol. The summed E-state index contributed by atoms with van der Waals surface area (Å²) in [6.45, 7) is 12.3. The lowest BCUT2D eigenvalue weighted by atomic mass is 9.80. The first kappa shape index (κ1) is 36.1. The number of aromatic nitrogens is 3. The maximum atomic E-state index is 12.3. The minimum Gasteiger partial charge on any atom is -0.448 e. The Morgan fingerprint density at radius 3 is 2.59 bits per heavy atom. The Balaban J connectivity index is 1.33. The van der Waals surface area contributed by atoms with E-state index in [0.717, 1.165) is 29.9 Å². The molecular formula is C30H40ClN9O5S. The summed E-state index contributed by atoms with van der Waals surface area (Å²) in [7, 11) is 0. The van der Waals surface area contributed by atoms with Crippen LogP contribution in [0.2, 0.25) is 5.15 Å². The molecule has 16 heteroatoms. The van der Waals surface area contributed by atoms with Gasteiger partial charge < -0.3 is 25.3 Å². The number of nitrogens with one attached hydrogen (secondary N) is 4. The summed E-state index contributed by atoms with van der Waals surface area (Å²) < 4.78 is 5.40. The molecule has 0 saturated heterocycles. The van der Waals surface area contributed by atoms with Crippen LogP contribution in [0.1, 0.15) is 55.9 Å². The molecule has 0 saturated carbocycles. The van der Waals surface area contributed by atoms with Crippen molar-refractivity contribution in [2.24, 2.45) is 21.6 Å². The highest BCUT2D eigenvalue weighted by atomic mass is 35.5. The molecule has 0 aliphatic heterocycles. The number of likely N-dealkylation sites (N-methyl/N-ethyl adjacent to an activating group) is 1. The van der Waals surface area contributed by atoms with Crippen LogP contribution in [-0.4, -0.2) is 66.1 Å². The molecule has 46 heavy (non-hydrogen) atoms. The number of thiazole rings is 1. The SMILES string of the molecule is CCN(CCOC(=O)NCCC(C)(C)CC(C)CNC(=O)Nc1nc(=O)cc(C)[nH]1)c1ccc(/N=N/c2nc(Cl)c(C=O)s2)cc1. The molecule has 4 N–H and O–H groups in total. The fourth-order valence-corrected chi connectivity index (χ4v) is 5.58. The Bertz CT molecular complexity index is 1560. The number of nitrogens with zero attached hydrogens (tertiary/aromatic N) is 5. The summed E-state index contributed by atoms with van der Waals surface area (Å²) in [5, 5.41) is 16.8. The number of ether oxygens (including phenoxy) is 1. The number of amides is 3. The maximum absolute atomic E-state index is 12.3. The maximum Gasteiger partial charge on any atom is 0.407 e. The number of aromatic amines is 1. The molecule has 1 unspecified atom stereocenters. The molecule has 2 heterocycles. The van der Waals surface area contributed by atoms with Gasteiger partial charge in [0.1, 0.15) is 11.5 Å². The number of aryl methyl sites for hydroxylation is 1. The van der Waals surface area contributed by atoms with E-state index in [1.54, 1.807) is 6.92 Å². The van der Waals surface area contributed by atoms with Crippen molar-refractivity contribution < 1.29 is 19.1 Å². The van der Waals surface area contributed by atoms with Gasteiger partial charge in [0.05, 0.1) is 12.2 Å². The first-order valence-corrected chi connectivity index (χ1v) is 16.0. The van der Waals surface area contributed by atoms with Crippen LogP contribution in [0.15, 0.2) is 45.4 Å².